The third-order valence-corrected chi connectivity index (χ3v) is 6.67. The van der Waals surface area contributed by atoms with E-state index in [1.165, 1.54) is 11.8 Å². The zero-order chi connectivity index (χ0) is 24.9. The van der Waals surface area contributed by atoms with E-state index < -0.39 is 5.69 Å². The van der Waals surface area contributed by atoms with E-state index in [0.717, 1.165) is 49.0 Å². The molecule has 0 radical (unpaired) electrons. The van der Waals surface area contributed by atoms with Crippen molar-refractivity contribution in [2.45, 2.75) is 38.4 Å². The first-order valence-electron chi connectivity index (χ1n) is 12.1. The Hall–Kier alpha value is -3.82. The maximum atomic E-state index is 12.5. The van der Waals surface area contributed by atoms with Crippen LogP contribution in [0.2, 0.25) is 0 Å². The maximum absolute atomic E-state index is 12.5. The molecule has 0 bridgehead atoms. The number of hydrogen-bond donors (Lipinski definition) is 2. The first kappa shape index (κ1) is 23.9. The number of rotatable bonds is 8. The van der Waals surface area contributed by atoms with Crippen LogP contribution >= 0.6 is 0 Å². The average Bonchev–Trinajstić information content (AvgIpc) is 2.91. The van der Waals surface area contributed by atoms with Gasteiger partial charge in [-0.1, -0.05) is 42.8 Å². The minimum atomic E-state index is -0.789. The van der Waals surface area contributed by atoms with Crippen molar-refractivity contribution in [2.75, 3.05) is 18.5 Å². The van der Waals surface area contributed by atoms with Crippen LogP contribution in [0.1, 0.15) is 30.4 Å². The third kappa shape index (κ3) is 5.22. The fourth-order valence-corrected chi connectivity index (χ4v) is 4.84. The van der Waals surface area contributed by atoms with Crippen LogP contribution in [-0.4, -0.2) is 44.0 Å². The zero-order valence-electron chi connectivity index (χ0n) is 19.8. The summed E-state index contributed by atoms with van der Waals surface area (Å²) in [5.41, 5.74) is 3.72. The van der Waals surface area contributed by atoms with Crippen LogP contribution in [0, 0.1) is 0 Å². The molecule has 1 aliphatic heterocycles. The van der Waals surface area contributed by atoms with Crippen molar-refractivity contribution < 1.29 is 14.7 Å². The first-order valence-corrected chi connectivity index (χ1v) is 12.1. The summed E-state index contributed by atoms with van der Waals surface area (Å²) in [6, 6.07) is 20.1. The van der Waals surface area contributed by atoms with E-state index in [2.05, 4.69) is 55.5 Å². The minimum Gasteiger partial charge on any atom is -0.422 e. The molecule has 0 saturated carbocycles. The molecule has 4 aromatic rings. The normalized spacial score (nSPS) is 16.3. The van der Waals surface area contributed by atoms with Crippen LogP contribution in [0.4, 0.5) is 10.3 Å². The fraction of sp³-hybridized carbons (Fsp3) is 0.296. The van der Waals surface area contributed by atoms with Crippen molar-refractivity contribution in [3.63, 3.8) is 0 Å². The third-order valence-electron chi connectivity index (χ3n) is 6.67. The van der Waals surface area contributed by atoms with Gasteiger partial charge < -0.3 is 10.5 Å². The van der Waals surface area contributed by atoms with E-state index in [-0.39, 0.29) is 18.3 Å². The Morgan fingerprint density at radius 1 is 1.06 bits per heavy atom. The van der Waals surface area contributed by atoms with Gasteiger partial charge in [0.1, 0.15) is 12.4 Å². The Kier molecular flexibility index (Phi) is 7.20. The van der Waals surface area contributed by atoms with Crippen molar-refractivity contribution in [2.24, 2.45) is 0 Å². The number of benzene rings is 2. The largest absolute Gasteiger partial charge is 0.422 e. The van der Waals surface area contributed by atoms with Gasteiger partial charge in [-0.05, 0) is 70.4 Å². The lowest BCUT2D eigenvalue weighted by Crippen LogP contribution is -2.41. The summed E-state index contributed by atoms with van der Waals surface area (Å²) >= 11 is 0. The molecule has 1 fully saturated rings. The maximum Gasteiger partial charge on any atom is 0.384 e. The quantitative estimate of drug-likeness (QED) is 0.351. The number of hydrogen-bond acceptors (Lipinski definition) is 7. The van der Waals surface area contributed by atoms with Crippen LogP contribution in [0.5, 0.6) is 0 Å². The van der Waals surface area contributed by atoms with Gasteiger partial charge in [-0.15, -0.1) is 4.73 Å². The van der Waals surface area contributed by atoms with Gasteiger partial charge in [0.15, 0.2) is 5.65 Å². The predicted molar refractivity (Wildman–Crippen MR) is 135 cm³/mol. The molecule has 1 unspecified atom stereocenters. The molecule has 5 rings (SSSR count). The van der Waals surface area contributed by atoms with E-state index in [4.69, 9.17) is 0 Å². The number of halogens is 1. The molecule has 1 atom stereocenters. The number of pyridine rings is 1. The lowest BCUT2D eigenvalue weighted by molar-refractivity contribution is -0.153. The highest BCUT2D eigenvalue weighted by atomic mass is 19.3. The van der Waals surface area contributed by atoms with Crippen molar-refractivity contribution in [3.8, 4) is 11.1 Å². The summed E-state index contributed by atoms with van der Waals surface area (Å²) in [6.45, 7) is 2.26. The molecule has 2 N–H and O–H groups in total. The van der Waals surface area contributed by atoms with E-state index in [9.17, 15) is 14.5 Å². The van der Waals surface area contributed by atoms with Crippen molar-refractivity contribution in [1.82, 2.24) is 19.6 Å². The SMILES string of the molecule is O=c1nc(NCc2cccc(-c3cccc(CN4CCCCC4COF)c3)c2)c2cccnc2n1O. The second-order valence-electron chi connectivity index (χ2n) is 9.08. The highest BCUT2D eigenvalue weighted by Gasteiger charge is 2.23. The van der Waals surface area contributed by atoms with Gasteiger partial charge in [0, 0.05) is 25.3 Å². The van der Waals surface area contributed by atoms with E-state index in [0.29, 0.717) is 22.5 Å². The van der Waals surface area contributed by atoms with E-state index in [1.54, 1.807) is 12.1 Å². The van der Waals surface area contributed by atoms with Crippen molar-refractivity contribution >= 4 is 16.9 Å². The van der Waals surface area contributed by atoms with Crippen LogP contribution in [-0.2, 0) is 18.0 Å². The Morgan fingerprint density at radius 2 is 1.83 bits per heavy atom. The summed E-state index contributed by atoms with van der Waals surface area (Å²) in [6.07, 6.45) is 4.68. The molecule has 3 heterocycles. The van der Waals surface area contributed by atoms with E-state index >= 15 is 0 Å². The molecular formula is C27H28FN5O3. The van der Waals surface area contributed by atoms with Gasteiger partial charge in [0.2, 0.25) is 0 Å². The highest BCUT2D eigenvalue weighted by molar-refractivity contribution is 5.86. The predicted octanol–water partition coefficient (Wildman–Crippen LogP) is 4.56. The number of fused-ring (bicyclic) bond motifs is 1. The fourth-order valence-electron chi connectivity index (χ4n) is 4.84. The average molecular weight is 490 g/mol. The first-order chi connectivity index (χ1) is 17.6. The number of aromatic nitrogens is 3. The second kappa shape index (κ2) is 10.8. The molecule has 8 nitrogen and oxygen atoms in total. The molecule has 1 saturated heterocycles. The topological polar surface area (TPSA) is 92.5 Å². The number of anilines is 1. The second-order valence-corrected chi connectivity index (χ2v) is 9.08. The molecule has 186 valence electrons. The van der Waals surface area contributed by atoms with Crippen LogP contribution in [0.15, 0.2) is 71.7 Å². The van der Waals surface area contributed by atoms with Gasteiger partial charge in [-0.25, -0.2) is 9.78 Å². The monoisotopic (exact) mass is 489 g/mol. The molecule has 2 aromatic carbocycles. The van der Waals surface area contributed by atoms with Gasteiger partial charge in [-0.2, -0.15) is 9.93 Å². The molecular weight excluding hydrogens is 461 g/mol. The molecule has 1 aliphatic rings. The highest BCUT2D eigenvalue weighted by Crippen LogP contribution is 2.25. The Morgan fingerprint density at radius 3 is 2.64 bits per heavy atom. The minimum absolute atomic E-state index is 0.106. The lowest BCUT2D eigenvalue weighted by Gasteiger charge is -2.34. The molecule has 0 aliphatic carbocycles. The smallest absolute Gasteiger partial charge is 0.384 e. The van der Waals surface area contributed by atoms with Gasteiger partial charge in [-0.3, -0.25) is 4.90 Å². The summed E-state index contributed by atoms with van der Waals surface area (Å²) in [5.74, 6) is 0.370. The molecule has 9 heteroatoms. The zero-order valence-corrected chi connectivity index (χ0v) is 19.8. The summed E-state index contributed by atoms with van der Waals surface area (Å²) < 4.78 is 13.0. The Balaban J connectivity index is 1.33. The standard InChI is InChI=1S/C27H28FN5O3/c28-36-18-23-10-1-2-13-32(23)17-20-7-4-9-22(15-20)21-8-3-6-19(14-21)16-30-25-24-11-5-12-29-26(24)33(35)27(34)31-25/h3-9,11-12,14-15,23,35H,1-2,10,13,16-18H2,(H,30,31,34). The number of nitrogens with one attached hydrogen (secondary N) is 1. The Bertz CT molecular complexity index is 1410. The van der Waals surface area contributed by atoms with Gasteiger partial charge in [0.05, 0.1) is 5.39 Å². The molecule has 0 amide bonds. The summed E-state index contributed by atoms with van der Waals surface area (Å²) in [4.78, 5) is 26.3. The van der Waals surface area contributed by atoms with Gasteiger partial charge >= 0.3 is 5.69 Å². The van der Waals surface area contributed by atoms with Crippen LogP contribution in [0.3, 0.4) is 0 Å². The molecule has 0 spiro atoms. The number of piperidine rings is 1. The van der Waals surface area contributed by atoms with Crippen LogP contribution < -0.4 is 11.0 Å². The Labute approximate surface area is 207 Å². The number of likely N-dealkylation sites (tertiary alicyclic amines) is 1. The van der Waals surface area contributed by atoms with Crippen molar-refractivity contribution in [3.05, 3.63) is 88.5 Å². The van der Waals surface area contributed by atoms with Crippen LogP contribution in [0.25, 0.3) is 22.2 Å². The molecule has 36 heavy (non-hydrogen) atoms. The van der Waals surface area contributed by atoms with E-state index in [1.807, 2.05) is 18.2 Å². The molecule has 2 aromatic heterocycles. The summed E-state index contributed by atoms with van der Waals surface area (Å²) in [7, 11) is 0. The number of nitrogens with zero attached hydrogens (tertiary/aromatic N) is 4. The van der Waals surface area contributed by atoms with Crippen molar-refractivity contribution in [1.29, 1.82) is 0 Å². The lowest BCUT2D eigenvalue weighted by atomic mass is 9.99. The van der Waals surface area contributed by atoms with Gasteiger partial charge in [0.25, 0.3) is 0 Å². The summed E-state index contributed by atoms with van der Waals surface area (Å²) in [5, 5.41) is 13.7.